The van der Waals surface area contributed by atoms with E-state index in [-0.39, 0.29) is 30.8 Å². The Hall–Kier alpha value is -1.89. The lowest BCUT2D eigenvalue weighted by Gasteiger charge is -2.35. The van der Waals surface area contributed by atoms with Crippen molar-refractivity contribution in [2.24, 2.45) is 26.6 Å². The predicted molar refractivity (Wildman–Crippen MR) is 81.2 cm³/mol. The fourth-order valence-electron chi connectivity index (χ4n) is 3.10. The van der Waals surface area contributed by atoms with Gasteiger partial charge in [0.15, 0.2) is 11.8 Å². The summed E-state index contributed by atoms with van der Waals surface area (Å²) in [5, 5.41) is 12.5. The number of aliphatic imine (C=N–C) groups is 3. The van der Waals surface area contributed by atoms with Crippen LogP contribution >= 0.6 is 0 Å². The Kier molecular flexibility index (Phi) is 2.95. The highest BCUT2D eigenvalue weighted by molar-refractivity contribution is 6.03. The molecule has 7 heteroatoms. The number of hydrogen-bond donors (Lipinski definition) is 3. The van der Waals surface area contributed by atoms with Crippen LogP contribution in [-0.4, -0.2) is 59.0 Å². The van der Waals surface area contributed by atoms with Crippen LogP contribution in [0.4, 0.5) is 0 Å². The fraction of sp³-hybridized carbons (Fsp3) is 0.643. The smallest absolute Gasteiger partial charge is 0.196 e. The standard InChI is InChI=1S/C14H20N6O/c15-14-18-12(17-9-2-3-9)11-13(19-14)20(7-16-11)10-4-1-8(5-10)6-21/h1,4,7-11,13,21H,2-3,5-6H2,(H3,15,17,18,19). The van der Waals surface area contributed by atoms with Gasteiger partial charge in [-0.1, -0.05) is 12.2 Å². The van der Waals surface area contributed by atoms with Crippen LogP contribution in [0, 0.1) is 5.92 Å². The molecule has 4 rings (SSSR count). The highest BCUT2D eigenvalue weighted by Gasteiger charge is 2.42. The van der Waals surface area contributed by atoms with E-state index in [0.717, 1.165) is 25.1 Å². The number of nitrogens with one attached hydrogen (secondary N) is 1. The van der Waals surface area contributed by atoms with Gasteiger partial charge in [0.05, 0.1) is 18.4 Å². The lowest BCUT2D eigenvalue weighted by atomic mass is 10.1. The molecule has 0 aromatic heterocycles. The molecule has 2 aliphatic carbocycles. The third kappa shape index (κ3) is 2.31. The van der Waals surface area contributed by atoms with Gasteiger partial charge in [0.1, 0.15) is 12.2 Å². The first-order valence-corrected chi connectivity index (χ1v) is 7.53. The molecule has 0 aromatic rings. The largest absolute Gasteiger partial charge is 0.396 e. The summed E-state index contributed by atoms with van der Waals surface area (Å²) in [6.45, 7) is 0.192. The molecule has 0 saturated heterocycles. The van der Waals surface area contributed by atoms with Gasteiger partial charge in [-0.3, -0.25) is 9.98 Å². The second-order valence-corrected chi connectivity index (χ2v) is 6.09. The maximum Gasteiger partial charge on any atom is 0.196 e. The van der Waals surface area contributed by atoms with Gasteiger partial charge in [-0.2, -0.15) is 4.99 Å². The minimum Gasteiger partial charge on any atom is -0.396 e. The molecule has 4 aliphatic rings. The van der Waals surface area contributed by atoms with Gasteiger partial charge in [-0.05, 0) is 19.3 Å². The number of fused-ring (bicyclic) bond motifs is 1. The van der Waals surface area contributed by atoms with E-state index in [1.54, 1.807) is 0 Å². The van der Waals surface area contributed by atoms with Crippen molar-refractivity contribution in [2.45, 2.75) is 43.6 Å². The average Bonchev–Trinajstić information content (AvgIpc) is 3.01. The molecule has 21 heavy (non-hydrogen) atoms. The quantitative estimate of drug-likeness (QED) is 0.606. The Labute approximate surface area is 123 Å². The molecule has 1 fully saturated rings. The van der Waals surface area contributed by atoms with Crippen molar-refractivity contribution in [1.29, 1.82) is 0 Å². The number of nitrogens with two attached hydrogens (primary N) is 1. The van der Waals surface area contributed by atoms with Gasteiger partial charge in [-0.15, -0.1) is 0 Å². The maximum atomic E-state index is 9.27. The van der Waals surface area contributed by atoms with Gasteiger partial charge < -0.3 is 21.1 Å². The molecule has 1 saturated carbocycles. The second-order valence-electron chi connectivity index (χ2n) is 6.09. The maximum absolute atomic E-state index is 9.27. The Morgan fingerprint density at radius 1 is 1.43 bits per heavy atom. The van der Waals surface area contributed by atoms with E-state index in [1.165, 1.54) is 0 Å². The third-order valence-corrected chi connectivity index (χ3v) is 4.41. The van der Waals surface area contributed by atoms with Crippen LogP contribution in [0.1, 0.15) is 19.3 Å². The minimum absolute atomic E-state index is 0.0212. The number of aliphatic hydroxyl groups excluding tert-OH is 1. The SMILES string of the molecule is NC1=NC(=NC2CC2)C2N=CN(C3C=CC(CO)C3)C2N1. The van der Waals surface area contributed by atoms with Crippen LogP contribution in [0.15, 0.2) is 27.1 Å². The first-order chi connectivity index (χ1) is 10.2. The Bertz CT molecular complexity index is 550. The molecule has 0 bridgehead atoms. The van der Waals surface area contributed by atoms with Crippen LogP contribution in [-0.2, 0) is 0 Å². The highest BCUT2D eigenvalue weighted by atomic mass is 16.3. The number of hydrogen-bond acceptors (Lipinski definition) is 6. The van der Waals surface area contributed by atoms with E-state index in [4.69, 9.17) is 5.73 Å². The summed E-state index contributed by atoms with van der Waals surface area (Å²) in [6, 6.07) is 0.561. The minimum atomic E-state index is -0.0838. The van der Waals surface area contributed by atoms with Crippen molar-refractivity contribution < 1.29 is 5.11 Å². The summed E-state index contributed by atoms with van der Waals surface area (Å²) in [5.74, 6) is 1.39. The average molecular weight is 288 g/mol. The molecule has 4 unspecified atom stereocenters. The number of amidine groups is 1. The number of nitrogens with zero attached hydrogens (tertiary/aromatic N) is 4. The zero-order chi connectivity index (χ0) is 14.4. The Morgan fingerprint density at radius 2 is 2.29 bits per heavy atom. The number of aliphatic hydroxyl groups is 1. The van der Waals surface area contributed by atoms with Gasteiger partial charge in [0, 0.05) is 12.5 Å². The summed E-state index contributed by atoms with van der Waals surface area (Å²) in [4.78, 5) is 15.7. The van der Waals surface area contributed by atoms with Gasteiger partial charge in [0.25, 0.3) is 0 Å². The van der Waals surface area contributed by atoms with Gasteiger partial charge in [0.2, 0.25) is 0 Å². The van der Waals surface area contributed by atoms with Crippen LogP contribution in [0.25, 0.3) is 0 Å². The normalized spacial score (nSPS) is 39.6. The zero-order valence-electron chi connectivity index (χ0n) is 11.8. The lowest BCUT2D eigenvalue weighted by Crippen LogP contribution is -2.59. The number of guanidine groups is 1. The van der Waals surface area contributed by atoms with E-state index in [9.17, 15) is 5.11 Å². The summed E-state index contributed by atoms with van der Waals surface area (Å²) < 4.78 is 0. The molecule has 0 radical (unpaired) electrons. The summed E-state index contributed by atoms with van der Waals surface area (Å²) in [7, 11) is 0. The van der Waals surface area contributed by atoms with Crippen LogP contribution < -0.4 is 11.1 Å². The van der Waals surface area contributed by atoms with E-state index < -0.39 is 0 Å². The van der Waals surface area contributed by atoms with Crippen molar-refractivity contribution in [3.63, 3.8) is 0 Å². The van der Waals surface area contributed by atoms with Crippen molar-refractivity contribution in [3.8, 4) is 0 Å². The Morgan fingerprint density at radius 3 is 3.00 bits per heavy atom. The summed E-state index contributed by atoms with van der Waals surface area (Å²) in [6.07, 6.45) is 9.24. The molecular formula is C14H20N6O. The van der Waals surface area contributed by atoms with Gasteiger partial charge >= 0.3 is 0 Å². The molecule has 0 aromatic carbocycles. The fourth-order valence-corrected chi connectivity index (χ4v) is 3.10. The topological polar surface area (TPSA) is 98.6 Å². The van der Waals surface area contributed by atoms with Crippen molar-refractivity contribution >= 4 is 18.1 Å². The van der Waals surface area contributed by atoms with Crippen molar-refractivity contribution in [3.05, 3.63) is 12.2 Å². The molecule has 112 valence electrons. The summed E-state index contributed by atoms with van der Waals surface area (Å²) in [5.41, 5.74) is 5.91. The molecule has 0 amide bonds. The summed E-state index contributed by atoms with van der Waals surface area (Å²) >= 11 is 0. The second kappa shape index (κ2) is 4.84. The van der Waals surface area contributed by atoms with E-state index in [2.05, 4.69) is 37.3 Å². The lowest BCUT2D eigenvalue weighted by molar-refractivity contribution is 0.215. The van der Waals surface area contributed by atoms with E-state index >= 15 is 0 Å². The van der Waals surface area contributed by atoms with Crippen molar-refractivity contribution in [2.75, 3.05) is 6.61 Å². The molecule has 4 N–H and O–H groups in total. The molecule has 2 aliphatic heterocycles. The van der Waals surface area contributed by atoms with Crippen LogP contribution in [0.5, 0.6) is 0 Å². The Balaban J connectivity index is 1.55. The first-order valence-electron chi connectivity index (χ1n) is 7.53. The molecule has 2 heterocycles. The molecule has 0 spiro atoms. The highest BCUT2D eigenvalue weighted by Crippen LogP contribution is 2.29. The monoisotopic (exact) mass is 288 g/mol. The molecule has 4 atom stereocenters. The predicted octanol–water partition coefficient (Wildman–Crippen LogP) is -0.559. The molecule has 7 nitrogen and oxygen atoms in total. The first kappa shape index (κ1) is 12.8. The van der Waals surface area contributed by atoms with Crippen LogP contribution in [0.2, 0.25) is 0 Å². The van der Waals surface area contributed by atoms with E-state index in [1.807, 2.05) is 6.34 Å². The van der Waals surface area contributed by atoms with E-state index in [0.29, 0.717) is 12.0 Å². The van der Waals surface area contributed by atoms with Gasteiger partial charge in [-0.25, -0.2) is 0 Å². The number of rotatable bonds is 3. The third-order valence-electron chi connectivity index (χ3n) is 4.41. The molecular weight excluding hydrogens is 268 g/mol. The van der Waals surface area contributed by atoms with Crippen molar-refractivity contribution in [1.82, 2.24) is 10.2 Å². The van der Waals surface area contributed by atoms with Crippen LogP contribution in [0.3, 0.4) is 0 Å². The zero-order valence-corrected chi connectivity index (χ0v) is 11.8.